The quantitative estimate of drug-likeness (QED) is 0.103. The van der Waals surface area contributed by atoms with E-state index in [0.29, 0.717) is 11.1 Å². The fourth-order valence-corrected chi connectivity index (χ4v) is 8.03. The van der Waals surface area contributed by atoms with Crippen LogP contribution in [0.15, 0.2) is 84.9 Å². The van der Waals surface area contributed by atoms with E-state index >= 15 is 0 Å². The molecule has 7 heteroatoms. The zero-order chi connectivity index (χ0) is 33.0. The van der Waals surface area contributed by atoms with Crippen LogP contribution in [0.2, 0.25) is 0 Å². The predicted octanol–water partition coefficient (Wildman–Crippen LogP) is 10.1. The summed E-state index contributed by atoms with van der Waals surface area (Å²) in [6, 6.07) is 30.1. The van der Waals surface area contributed by atoms with Gasteiger partial charge in [-0.05, 0) is 98.3 Å². The summed E-state index contributed by atoms with van der Waals surface area (Å²) in [5.74, 6) is -2.18. The maximum absolute atomic E-state index is 13.9. The molecule has 2 aromatic heterocycles. The molecule has 0 spiro atoms. The number of halogens is 4. The number of fused-ring (bicyclic) bond motifs is 6. The Labute approximate surface area is 300 Å². The van der Waals surface area contributed by atoms with Gasteiger partial charge in [-0.3, -0.25) is 0 Å². The molecule has 0 amide bonds. The average Bonchev–Trinajstić information content (AvgIpc) is 3.89. The summed E-state index contributed by atoms with van der Waals surface area (Å²) < 4.78 is 53.9. The number of rotatable bonds is 2. The molecule has 248 valence electrons. The Balaban J connectivity index is 0.000000131. The molecule has 6 aromatic rings. The molecule has 0 saturated heterocycles. The Bertz CT molecular complexity index is 1770. The first kappa shape index (κ1) is 35.0. The third kappa shape index (κ3) is 7.51. The topological polar surface area (TPSA) is 31.6 Å². The summed E-state index contributed by atoms with van der Waals surface area (Å²) in [5.41, 5.74) is 11.7. The van der Waals surface area contributed by atoms with Crippen molar-refractivity contribution in [3.8, 4) is 0 Å². The normalized spacial score (nSPS) is 17.6. The Kier molecular flexibility index (Phi) is 11.3. The Hall–Kier alpha value is -3.87. The maximum atomic E-state index is 13.9. The van der Waals surface area contributed by atoms with Gasteiger partial charge in [0.2, 0.25) is 0 Å². The van der Waals surface area contributed by atoms with Crippen LogP contribution in [0.25, 0.3) is 0 Å². The molecule has 0 radical (unpaired) electrons. The van der Waals surface area contributed by atoms with E-state index in [0.717, 1.165) is 51.4 Å². The van der Waals surface area contributed by atoms with Crippen LogP contribution in [-0.4, -0.2) is 9.97 Å². The van der Waals surface area contributed by atoms with Crippen molar-refractivity contribution in [3.05, 3.63) is 176 Å². The fourth-order valence-electron chi connectivity index (χ4n) is 8.03. The summed E-state index contributed by atoms with van der Waals surface area (Å²) >= 11 is 0. The predicted molar refractivity (Wildman–Crippen MR) is 180 cm³/mol. The van der Waals surface area contributed by atoms with E-state index in [1.807, 2.05) is 60.7 Å². The molecule has 0 aliphatic heterocycles. The van der Waals surface area contributed by atoms with Crippen molar-refractivity contribution < 1.29 is 39.3 Å². The molecule has 2 N–H and O–H groups in total. The van der Waals surface area contributed by atoms with E-state index in [1.165, 1.54) is 70.0 Å². The molecule has 0 fully saturated rings. The maximum Gasteiger partial charge on any atom is 4.00 e. The van der Waals surface area contributed by atoms with Gasteiger partial charge in [0.1, 0.15) is 0 Å². The molecular formula is C42H38F4N2Ti. The van der Waals surface area contributed by atoms with Gasteiger partial charge >= 0.3 is 21.7 Å². The van der Waals surface area contributed by atoms with Crippen molar-refractivity contribution >= 4 is 0 Å². The van der Waals surface area contributed by atoms with Gasteiger partial charge in [0.15, 0.2) is 0 Å². The summed E-state index contributed by atoms with van der Waals surface area (Å²) in [4.78, 5) is 7.00. The van der Waals surface area contributed by atoms with Crippen LogP contribution in [0.1, 0.15) is 93.7 Å². The second-order valence-electron chi connectivity index (χ2n) is 12.9. The SMILES string of the molecule is Fc1[c-]c(F)c(C2CCc3[nH]c4c(c32)CCC4)cc1.Fc1[c-]c(F)c(C2CCc3[nH]c4c(c32)CCC4)cc1.[Ti+4].c1cc[cH-]c1.c1cc[cH-]c1. The van der Waals surface area contributed by atoms with Gasteiger partial charge in [0, 0.05) is 46.0 Å². The van der Waals surface area contributed by atoms with Crippen LogP contribution in [0, 0.1) is 35.4 Å². The largest absolute Gasteiger partial charge is 4.00 e. The van der Waals surface area contributed by atoms with Crippen molar-refractivity contribution in [2.24, 2.45) is 0 Å². The van der Waals surface area contributed by atoms with E-state index in [2.05, 4.69) is 22.1 Å². The second-order valence-corrected chi connectivity index (χ2v) is 12.9. The first-order valence-electron chi connectivity index (χ1n) is 17.0. The Morgan fingerprint density at radius 3 is 1.29 bits per heavy atom. The number of nitrogens with one attached hydrogen (secondary N) is 2. The molecule has 2 atom stereocenters. The Morgan fingerprint density at radius 1 is 0.531 bits per heavy atom. The molecule has 4 aliphatic carbocycles. The minimum atomic E-state index is -0.626. The minimum absolute atomic E-state index is 0. The van der Waals surface area contributed by atoms with Crippen molar-refractivity contribution in [2.45, 2.75) is 76.0 Å². The van der Waals surface area contributed by atoms with Crippen LogP contribution in [0.3, 0.4) is 0 Å². The van der Waals surface area contributed by atoms with Gasteiger partial charge in [-0.1, -0.05) is 0 Å². The number of aromatic amines is 2. The standard InChI is InChI=1S/2C16H14F2N.2C5H5.Ti/c2*17-9-4-5-10(13(18)8-9)11-6-7-15-16(11)12-2-1-3-14(12)19-15;2*1-2-4-5-3-1;/h2*4-5,11,19H,1-3,6-7H2;2*1-5H;/q4*-1;+4. The van der Waals surface area contributed by atoms with E-state index < -0.39 is 23.3 Å². The molecule has 2 nitrogen and oxygen atoms in total. The molecule has 49 heavy (non-hydrogen) atoms. The van der Waals surface area contributed by atoms with Gasteiger partial charge in [-0.2, -0.15) is 48.5 Å². The van der Waals surface area contributed by atoms with Gasteiger partial charge in [-0.15, -0.1) is 35.4 Å². The van der Waals surface area contributed by atoms with Gasteiger partial charge in [-0.25, -0.2) is 41.8 Å². The number of benzene rings is 2. The zero-order valence-electron chi connectivity index (χ0n) is 27.3. The van der Waals surface area contributed by atoms with Crippen LogP contribution in [0.4, 0.5) is 17.6 Å². The van der Waals surface area contributed by atoms with E-state index in [9.17, 15) is 17.6 Å². The molecule has 4 aliphatic rings. The van der Waals surface area contributed by atoms with Crippen molar-refractivity contribution in [3.63, 3.8) is 0 Å². The van der Waals surface area contributed by atoms with Crippen molar-refractivity contribution in [1.82, 2.24) is 9.97 Å². The van der Waals surface area contributed by atoms with Crippen LogP contribution in [0.5, 0.6) is 0 Å². The van der Waals surface area contributed by atoms with Gasteiger partial charge in [0.25, 0.3) is 0 Å². The van der Waals surface area contributed by atoms with Gasteiger partial charge in [0.05, 0.1) is 0 Å². The third-order valence-corrected chi connectivity index (χ3v) is 10.0. The van der Waals surface area contributed by atoms with E-state index in [1.54, 1.807) is 12.1 Å². The first-order chi connectivity index (χ1) is 23.5. The van der Waals surface area contributed by atoms with E-state index in [-0.39, 0.29) is 33.6 Å². The van der Waals surface area contributed by atoms with Crippen molar-refractivity contribution in [1.29, 1.82) is 0 Å². The molecule has 2 unspecified atom stereocenters. The average molecular weight is 695 g/mol. The number of aryl methyl sites for hydroxylation is 4. The summed E-state index contributed by atoms with van der Waals surface area (Å²) in [6.45, 7) is 0. The Morgan fingerprint density at radius 2 is 0.939 bits per heavy atom. The number of aromatic nitrogens is 2. The molecule has 0 saturated carbocycles. The van der Waals surface area contributed by atoms with Crippen molar-refractivity contribution in [2.75, 3.05) is 0 Å². The monoisotopic (exact) mass is 694 g/mol. The van der Waals surface area contributed by atoms with Crippen LogP contribution in [-0.2, 0) is 60.2 Å². The molecule has 4 aromatic carbocycles. The fraction of sp³-hybridized carbons (Fsp3) is 0.286. The van der Waals surface area contributed by atoms with Crippen LogP contribution >= 0.6 is 0 Å². The number of hydrogen-bond donors (Lipinski definition) is 2. The zero-order valence-corrected chi connectivity index (χ0v) is 28.9. The van der Waals surface area contributed by atoms with Crippen LogP contribution < -0.4 is 0 Å². The third-order valence-electron chi connectivity index (χ3n) is 10.0. The number of hydrogen-bond acceptors (Lipinski definition) is 0. The van der Waals surface area contributed by atoms with Gasteiger partial charge < -0.3 is 9.97 Å². The molecule has 10 rings (SSSR count). The summed E-state index contributed by atoms with van der Waals surface area (Å²) in [5, 5.41) is 0. The van der Waals surface area contributed by atoms with E-state index in [4.69, 9.17) is 0 Å². The minimum Gasteiger partial charge on any atom is -0.362 e. The second kappa shape index (κ2) is 15.8. The smallest absolute Gasteiger partial charge is 0.362 e. The molecule has 2 heterocycles. The number of H-pyrrole nitrogens is 2. The summed E-state index contributed by atoms with van der Waals surface area (Å²) in [6.07, 6.45) is 10.5. The molecular weight excluding hydrogens is 656 g/mol. The summed E-state index contributed by atoms with van der Waals surface area (Å²) in [7, 11) is 0. The molecule has 0 bridgehead atoms. The first-order valence-corrected chi connectivity index (χ1v) is 17.0.